The van der Waals surface area contributed by atoms with Gasteiger partial charge in [0.25, 0.3) is 0 Å². The smallest absolute Gasteiger partial charge is 0.162 e. The summed E-state index contributed by atoms with van der Waals surface area (Å²) < 4.78 is 5.18. The van der Waals surface area contributed by atoms with Crippen molar-refractivity contribution >= 4 is 0 Å². The van der Waals surface area contributed by atoms with Gasteiger partial charge in [-0.3, -0.25) is 10.00 Å². The third-order valence-corrected chi connectivity index (χ3v) is 4.55. The van der Waals surface area contributed by atoms with Gasteiger partial charge in [-0.05, 0) is 44.4 Å². The Morgan fingerprint density at radius 1 is 1.22 bits per heavy atom. The van der Waals surface area contributed by atoms with Crippen LogP contribution in [0.2, 0.25) is 0 Å². The number of aromatic nitrogens is 2. The van der Waals surface area contributed by atoms with Crippen LogP contribution in [0.1, 0.15) is 41.8 Å². The number of aryl methyl sites for hydroxylation is 1. The molecule has 23 heavy (non-hydrogen) atoms. The van der Waals surface area contributed by atoms with Crippen LogP contribution in [0.25, 0.3) is 0 Å². The molecule has 0 amide bonds. The van der Waals surface area contributed by atoms with Crippen LogP contribution < -0.4 is 4.74 Å². The SMILES string of the molecule is COc1cccc(CN(C)Cc2n[nH]c3c2CCCCC3)c1O. The number of nitrogens with zero attached hydrogens (tertiary/aromatic N) is 2. The highest BCUT2D eigenvalue weighted by atomic mass is 16.5. The fourth-order valence-corrected chi connectivity index (χ4v) is 3.32. The molecule has 0 saturated heterocycles. The van der Waals surface area contributed by atoms with Crippen LogP contribution in [0.5, 0.6) is 11.5 Å². The standard InChI is InChI=1S/C18H25N3O2/c1-21(11-13-7-6-10-17(23-2)18(13)22)12-16-14-8-4-3-5-9-15(14)19-20-16/h6-7,10,22H,3-5,8-9,11-12H2,1-2H3,(H,19,20). The number of aromatic hydroxyl groups is 1. The van der Waals surface area contributed by atoms with Crippen molar-refractivity contribution in [2.75, 3.05) is 14.2 Å². The van der Waals surface area contributed by atoms with E-state index >= 15 is 0 Å². The van der Waals surface area contributed by atoms with Crippen molar-refractivity contribution < 1.29 is 9.84 Å². The first-order chi connectivity index (χ1) is 11.2. The molecule has 2 N–H and O–H groups in total. The summed E-state index contributed by atoms with van der Waals surface area (Å²) in [6.45, 7) is 1.44. The molecule has 5 heteroatoms. The number of hydrogen-bond donors (Lipinski definition) is 2. The van der Waals surface area contributed by atoms with Gasteiger partial charge in [-0.2, -0.15) is 5.10 Å². The zero-order chi connectivity index (χ0) is 16.2. The average Bonchev–Trinajstić information content (AvgIpc) is 2.77. The summed E-state index contributed by atoms with van der Waals surface area (Å²) in [7, 11) is 3.62. The summed E-state index contributed by atoms with van der Waals surface area (Å²) in [6.07, 6.45) is 6.04. The molecule has 0 aliphatic heterocycles. The molecule has 1 aliphatic carbocycles. The van der Waals surface area contributed by atoms with Gasteiger partial charge in [-0.1, -0.05) is 18.6 Å². The summed E-state index contributed by atoms with van der Waals surface area (Å²) in [6, 6.07) is 5.61. The van der Waals surface area contributed by atoms with Crippen LogP contribution in [0.15, 0.2) is 18.2 Å². The molecule has 1 aliphatic rings. The molecule has 0 fully saturated rings. The summed E-state index contributed by atoms with van der Waals surface area (Å²) in [5, 5.41) is 18.0. The van der Waals surface area contributed by atoms with Gasteiger partial charge in [0, 0.05) is 24.3 Å². The second kappa shape index (κ2) is 7.04. The maximum atomic E-state index is 10.2. The number of benzene rings is 1. The number of nitrogens with one attached hydrogen (secondary N) is 1. The van der Waals surface area contributed by atoms with E-state index in [4.69, 9.17) is 4.74 Å². The molecule has 5 nitrogen and oxygen atoms in total. The average molecular weight is 315 g/mol. The largest absolute Gasteiger partial charge is 0.504 e. The van der Waals surface area contributed by atoms with Gasteiger partial charge < -0.3 is 9.84 Å². The molecular weight excluding hydrogens is 290 g/mol. The quantitative estimate of drug-likeness (QED) is 0.833. The third-order valence-electron chi connectivity index (χ3n) is 4.55. The number of aromatic amines is 1. The minimum atomic E-state index is 0.225. The van der Waals surface area contributed by atoms with E-state index in [1.54, 1.807) is 13.2 Å². The van der Waals surface area contributed by atoms with E-state index in [1.165, 1.54) is 30.5 Å². The summed E-state index contributed by atoms with van der Waals surface area (Å²) >= 11 is 0. The molecule has 0 radical (unpaired) electrons. The molecule has 2 aromatic rings. The number of hydrogen-bond acceptors (Lipinski definition) is 4. The Morgan fingerprint density at radius 2 is 2.04 bits per heavy atom. The molecule has 1 aromatic carbocycles. The van der Waals surface area contributed by atoms with E-state index in [9.17, 15) is 5.11 Å². The highest BCUT2D eigenvalue weighted by Crippen LogP contribution is 2.30. The van der Waals surface area contributed by atoms with Crippen molar-refractivity contribution in [1.29, 1.82) is 0 Å². The minimum Gasteiger partial charge on any atom is -0.504 e. The van der Waals surface area contributed by atoms with Crippen LogP contribution in [-0.4, -0.2) is 34.4 Å². The Hall–Kier alpha value is -2.01. The van der Waals surface area contributed by atoms with Crippen molar-refractivity contribution in [3.63, 3.8) is 0 Å². The molecule has 3 rings (SSSR count). The van der Waals surface area contributed by atoms with Crippen molar-refractivity contribution in [3.05, 3.63) is 40.7 Å². The van der Waals surface area contributed by atoms with Gasteiger partial charge in [-0.15, -0.1) is 0 Å². The summed E-state index contributed by atoms with van der Waals surface area (Å²) in [5.41, 5.74) is 4.74. The maximum absolute atomic E-state index is 10.2. The molecule has 0 atom stereocenters. The zero-order valence-electron chi connectivity index (χ0n) is 13.9. The molecule has 0 bridgehead atoms. The van der Waals surface area contributed by atoms with Crippen molar-refractivity contribution in [3.8, 4) is 11.5 Å². The van der Waals surface area contributed by atoms with Crippen molar-refractivity contribution in [2.45, 2.75) is 45.2 Å². The Morgan fingerprint density at radius 3 is 2.87 bits per heavy atom. The number of H-pyrrole nitrogens is 1. The number of phenols is 1. The van der Waals surface area contributed by atoms with Gasteiger partial charge in [0.1, 0.15) is 0 Å². The molecule has 0 spiro atoms. The first kappa shape index (κ1) is 15.9. The summed E-state index contributed by atoms with van der Waals surface area (Å²) in [5.74, 6) is 0.743. The van der Waals surface area contributed by atoms with Gasteiger partial charge in [-0.25, -0.2) is 0 Å². The highest BCUT2D eigenvalue weighted by Gasteiger charge is 2.17. The van der Waals surface area contributed by atoms with Gasteiger partial charge in [0.2, 0.25) is 0 Å². The number of ether oxygens (including phenoxy) is 1. The zero-order valence-corrected chi connectivity index (χ0v) is 13.9. The number of methoxy groups -OCH3 is 1. The highest BCUT2D eigenvalue weighted by molar-refractivity contribution is 5.45. The predicted molar refractivity (Wildman–Crippen MR) is 89.7 cm³/mol. The lowest BCUT2D eigenvalue weighted by molar-refractivity contribution is 0.303. The monoisotopic (exact) mass is 315 g/mol. The van der Waals surface area contributed by atoms with Crippen LogP contribution in [0.4, 0.5) is 0 Å². The predicted octanol–water partition coefficient (Wildman–Crippen LogP) is 3.02. The Balaban J connectivity index is 1.71. The molecule has 124 valence electrons. The lowest BCUT2D eigenvalue weighted by Gasteiger charge is -2.18. The Kier molecular flexibility index (Phi) is 4.86. The number of fused-ring (bicyclic) bond motifs is 1. The van der Waals surface area contributed by atoms with E-state index < -0.39 is 0 Å². The van der Waals surface area contributed by atoms with Crippen molar-refractivity contribution in [1.82, 2.24) is 15.1 Å². The lowest BCUT2D eigenvalue weighted by atomic mass is 10.1. The molecule has 0 saturated carbocycles. The number of phenolic OH excluding ortho intramolecular Hbond substituents is 1. The maximum Gasteiger partial charge on any atom is 0.162 e. The van der Waals surface area contributed by atoms with Crippen LogP contribution in [0.3, 0.4) is 0 Å². The molecular formula is C18H25N3O2. The van der Waals surface area contributed by atoms with E-state index in [0.717, 1.165) is 30.6 Å². The van der Waals surface area contributed by atoms with E-state index in [0.29, 0.717) is 12.3 Å². The minimum absolute atomic E-state index is 0.225. The number of para-hydroxylation sites is 1. The second-order valence-electron chi connectivity index (χ2n) is 6.33. The first-order valence-electron chi connectivity index (χ1n) is 8.27. The van der Waals surface area contributed by atoms with Crippen LogP contribution in [0, 0.1) is 0 Å². The molecule has 0 unspecified atom stereocenters. The Labute approximate surface area is 137 Å². The summed E-state index contributed by atoms with van der Waals surface area (Å²) in [4.78, 5) is 2.18. The van der Waals surface area contributed by atoms with Crippen molar-refractivity contribution in [2.24, 2.45) is 0 Å². The van der Waals surface area contributed by atoms with Gasteiger partial charge in [0.05, 0.1) is 12.8 Å². The van der Waals surface area contributed by atoms with Crippen LogP contribution in [-0.2, 0) is 25.9 Å². The number of rotatable bonds is 5. The van der Waals surface area contributed by atoms with Gasteiger partial charge >= 0.3 is 0 Å². The Bertz CT molecular complexity index is 666. The fraction of sp³-hybridized carbons (Fsp3) is 0.500. The topological polar surface area (TPSA) is 61.4 Å². The normalized spacial score (nSPS) is 14.6. The lowest BCUT2D eigenvalue weighted by Crippen LogP contribution is -2.18. The van der Waals surface area contributed by atoms with E-state index in [-0.39, 0.29) is 5.75 Å². The van der Waals surface area contributed by atoms with E-state index in [1.807, 2.05) is 12.1 Å². The fourth-order valence-electron chi connectivity index (χ4n) is 3.32. The van der Waals surface area contributed by atoms with Gasteiger partial charge in [0.15, 0.2) is 11.5 Å². The second-order valence-corrected chi connectivity index (χ2v) is 6.33. The first-order valence-corrected chi connectivity index (χ1v) is 8.27. The molecule has 1 heterocycles. The van der Waals surface area contributed by atoms with Crippen LogP contribution >= 0.6 is 0 Å². The van der Waals surface area contributed by atoms with E-state index in [2.05, 4.69) is 22.1 Å². The third kappa shape index (κ3) is 3.50. The molecule has 1 aromatic heterocycles.